The van der Waals surface area contributed by atoms with Crippen molar-refractivity contribution < 1.29 is 27.6 Å². The molecular formula is C52H60F3N9O4. The van der Waals surface area contributed by atoms with E-state index in [1.54, 1.807) is 31.4 Å². The summed E-state index contributed by atoms with van der Waals surface area (Å²) in [5.41, 5.74) is 6.88. The van der Waals surface area contributed by atoms with Crippen LogP contribution < -0.4 is 26.4 Å². The van der Waals surface area contributed by atoms with E-state index < -0.39 is 17.8 Å². The van der Waals surface area contributed by atoms with Crippen LogP contribution in [-0.2, 0) is 16.0 Å². The molecule has 3 N–H and O–H groups in total. The van der Waals surface area contributed by atoms with E-state index in [1.807, 2.05) is 22.8 Å². The van der Waals surface area contributed by atoms with E-state index in [9.17, 15) is 23.6 Å². The summed E-state index contributed by atoms with van der Waals surface area (Å²) in [6, 6.07) is 10.6. The molecule has 6 heterocycles. The van der Waals surface area contributed by atoms with E-state index in [1.165, 1.54) is 34.5 Å². The molecule has 2 unspecified atom stereocenters. The average molecular weight is 932 g/mol. The predicted octanol–water partition coefficient (Wildman–Crippen LogP) is 6.64. The molecule has 3 fully saturated rings. The van der Waals surface area contributed by atoms with Crippen LogP contribution in [0.5, 0.6) is 0 Å². The SMILES string of the molecule is CNc1cc(=O)n(-c2ccnc3c2C=C(C(C)N2CC=C(c4c(C)cc(C(=O)N5CCC(CN6CCN(c7ccc(N[C@H]8CCC(=O)NC8=O)cc7F)CC6)CC5)cc4F)CC2)C(C)C3)cc1F. The lowest BCUT2D eigenvalue weighted by Crippen LogP contribution is -2.49. The molecule has 3 amide bonds. The van der Waals surface area contributed by atoms with Crippen molar-refractivity contribution in [1.82, 2.24) is 29.6 Å². The first-order chi connectivity index (χ1) is 32.7. The molecule has 68 heavy (non-hydrogen) atoms. The predicted molar refractivity (Wildman–Crippen MR) is 258 cm³/mol. The number of amides is 3. The molecule has 4 aromatic rings. The number of fused-ring (bicyclic) bond motifs is 1. The number of anilines is 3. The third-order valence-corrected chi connectivity index (χ3v) is 14.7. The second-order valence-corrected chi connectivity index (χ2v) is 19.1. The minimum atomic E-state index is -0.577. The topological polar surface area (TPSA) is 135 Å². The van der Waals surface area contributed by atoms with Gasteiger partial charge >= 0.3 is 0 Å². The van der Waals surface area contributed by atoms with Crippen LogP contribution in [0.4, 0.5) is 30.2 Å². The summed E-state index contributed by atoms with van der Waals surface area (Å²) in [4.78, 5) is 63.8. The normalized spacial score (nSPS) is 21.2. The summed E-state index contributed by atoms with van der Waals surface area (Å²) < 4.78 is 47.6. The Bertz CT molecular complexity index is 2720. The number of piperazine rings is 1. The zero-order valence-corrected chi connectivity index (χ0v) is 39.2. The lowest BCUT2D eigenvalue weighted by Gasteiger charge is -2.39. The molecule has 2 aromatic carbocycles. The van der Waals surface area contributed by atoms with Crippen molar-refractivity contribution in [3.8, 4) is 5.69 Å². The number of nitrogens with one attached hydrogen (secondary N) is 3. The van der Waals surface area contributed by atoms with Gasteiger partial charge in [-0.15, -0.1) is 0 Å². The number of aryl methyl sites for hydroxylation is 1. The first-order valence-corrected chi connectivity index (χ1v) is 23.9. The van der Waals surface area contributed by atoms with Gasteiger partial charge in [-0.25, -0.2) is 13.2 Å². The highest BCUT2D eigenvalue weighted by molar-refractivity contribution is 6.01. The van der Waals surface area contributed by atoms with Crippen molar-refractivity contribution in [1.29, 1.82) is 0 Å². The zero-order valence-electron chi connectivity index (χ0n) is 39.2. The molecule has 0 bridgehead atoms. The van der Waals surface area contributed by atoms with E-state index in [0.29, 0.717) is 92.6 Å². The third-order valence-electron chi connectivity index (χ3n) is 14.7. The Kier molecular flexibility index (Phi) is 13.6. The molecule has 0 saturated carbocycles. The average Bonchev–Trinajstić information content (AvgIpc) is 3.33. The molecule has 0 radical (unpaired) electrons. The Hall–Kier alpha value is -6.26. The summed E-state index contributed by atoms with van der Waals surface area (Å²) in [5.74, 6) is -1.50. The zero-order chi connectivity index (χ0) is 47.8. The number of pyridine rings is 2. The summed E-state index contributed by atoms with van der Waals surface area (Å²) in [6.07, 6.45) is 10.7. The van der Waals surface area contributed by atoms with Gasteiger partial charge in [-0.1, -0.05) is 13.0 Å². The molecule has 2 aromatic heterocycles. The summed E-state index contributed by atoms with van der Waals surface area (Å²) in [5, 5.41) is 8.09. The molecule has 13 nitrogen and oxygen atoms in total. The molecule has 358 valence electrons. The van der Waals surface area contributed by atoms with Crippen LogP contribution in [0, 0.1) is 36.2 Å². The van der Waals surface area contributed by atoms with Gasteiger partial charge in [-0.3, -0.25) is 43.8 Å². The summed E-state index contributed by atoms with van der Waals surface area (Å²) in [7, 11) is 1.58. The number of halogens is 3. The molecule has 5 aliphatic rings. The number of carbonyl (C=O) groups is 3. The molecule has 16 heteroatoms. The summed E-state index contributed by atoms with van der Waals surface area (Å²) >= 11 is 0. The lowest BCUT2D eigenvalue weighted by molar-refractivity contribution is -0.133. The van der Waals surface area contributed by atoms with E-state index in [-0.39, 0.29) is 53.1 Å². The van der Waals surface area contributed by atoms with Crippen LogP contribution in [0.3, 0.4) is 0 Å². The smallest absolute Gasteiger partial charge is 0.257 e. The maximum Gasteiger partial charge on any atom is 0.257 e. The number of benzene rings is 2. The lowest BCUT2D eigenvalue weighted by atomic mass is 9.82. The first kappa shape index (κ1) is 46.8. The maximum atomic E-state index is 16.1. The Labute approximate surface area is 395 Å². The highest BCUT2D eigenvalue weighted by atomic mass is 19.1. The number of piperidine rings is 2. The van der Waals surface area contributed by atoms with Crippen molar-refractivity contribution in [3.63, 3.8) is 0 Å². The van der Waals surface area contributed by atoms with Gasteiger partial charge in [0.05, 0.1) is 29.0 Å². The van der Waals surface area contributed by atoms with E-state index in [2.05, 4.69) is 56.7 Å². The van der Waals surface area contributed by atoms with Gasteiger partial charge in [0.2, 0.25) is 11.8 Å². The number of nitrogens with zero attached hydrogens (tertiary/aromatic N) is 6. The second-order valence-electron chi connectivity index (χ2n) is 19.1. The van der Waals surface area contributed by atoms with Crippen molar-refractivity contribution in [2.45, 2.75) is 71.4 Å². The third kappa shape index (κ3) is 9.70. The van der Waals surface area contributed by atoms with Crippen molar-refractivity contribution in [3.05, 3.63) is 122 Å². The van der Waals surface area contributed by atoms with Crippen molar-refractivity contribution in [2.75, 3.05) is 81.5 Å². The number of rotatable bonds is 11. The molecule has 3 atom stereocenters. The fourth-order valence-corrected chi connectivity index (χ4v) is 10.8. The largest absolute Gasteiger partial charge is 0.386 e. The highest BCUT2D eigenvalue weighted by Gasteiger charge is 2.32. The molecule has 1 aliphatic carbocycles. The van der Waals surface area contributed by atoms with Gasteiger partial charge in [-0.05, 0) is 117 Å². The Morgan fingerprint density at radius 1 is 0.897 bits per heavy atom. The molecule has 0 spiro atoms. The monoisotopic (exact) mass is 931 g/mol. The van der Waals surface area contributed by atoms with E-state index >= 15 is 8.78 Å². The Balaban J connectivity index is 0.769. The fourth-order valence-electron chi connectivity index (χ4n) is 10.8. The van der Waals surface area contributed by atoms with Crippen LogP contribution in [-0.4, -0.2) is 120 Å². The maximum absolute atomic E-state index is 16.1. The number of imide groups is 1. The second kappa shape index (κ2) is 19.8. The van der Waals surface area contributed by atoms with Gasteiger partial charge in [-0.2, -0.15) is 0 Å². The Morgan fingerprint density at radius 2 is 1.68 bits per heavy atom. The molecule has 3 saturated heterocycles. The number of hydrogen-bond acceptors (Lipinski definition) is 10. The minimum absolute atomic E-state index is 0.0459. The highest BCUT2D eigenvalue weighted by Crippen LogP contribution is 2.37. The molecule has 9 rings (SSSR count). The van der Waals surface area contributed by atoms with Gasteiger partial charge in [0, 0.05) is 113 Å². The van der Waals surface area contributed by atoms with Gasteiger partial charge in [0.1, 0.15) is 17.7 Å². The van der Waals surface area contributed by atoms with Gasteiger partial charge < -0.3 is 20.4 Å². The van der Waals surface area contributed by atoms with E-state index in [0.717, 1.165) is 54.9 Å². The van der Waals surface area contributed by atoms with Crippen LogP contribution >= 0.6 is 0 Å². The van der Waals surface area contributed by atoms with Crippen LogP contribution in [0.1, 0.15) is 78.7 Å². The van der Waals surface area contributed by atoms with Gasteiger partial charge in [0.25, 0.3) is 11.5 Å². The van der Waals surface area contributed by atoms with E-state index in [4.69, 9.17) is 0 Å². The van der Waals surface area contributed by atoms with Crippen LogP contribution in [0.25, 0.3) is 17.3 Å². The molecule has 4 aliphatic heterocycles. The number of hydrogen-bond donors (Lipinski definition) is 3. The fraction of sp³-hybridized carbons (Fsp3) is 0.442. The quantitative estimate of drug-likeness (QED) is 0.141. The molecular weight excluding hydrogens is 872 g/mol. The van der Waals surface area contributed by atoms with Crippen molar-refractivity contribution >= 4 is 46.4 Å². The van der Waals surface area contributed by atoms with Crippen LogP contribution in [0.2, 0.25) is 0 Å². The summed E-state index contributed by atoms with van der Waals surface area (Å²) in [6.45, 7) is 12.6. The number of likely N-dealkylation sites (tertiary alicyclic amines) is 1. The van der Waals surface area contributed by atoms with Gasteiger partial charge in [0.15, 0.2) is 5.82 Å². The standard InChI is InChI=1S/C52H60F3N9O4/c1-31-24-44-39(46(9-14-57-44)64-30-42(55)45(56-4)28-49(64)66)27-38(31)33(3)61-17-12-35(13-18-61)50-32(2)23-36(25-41(50)54)52(68)63-15-10-34(11-16-63)29-60-19-21-62(22-20-60)47-7-5-37(26-40(47)53)58-43-6-8-48(65)59-51(43)67/h5,7,9,12,14,23,25-28,30-31,33-34,43,56,58H,6,8,10-11,13,15-22,24,29H2,1-4H3,(H,59,65,67)/t31?,33?,43-/m0/s1. The number of carbonyl (C=O) groups excluding carboxylic acids is 3. The Morgan fingerprint density at radius 3 is 2.37 bits per heavy atom. The van der Waals surface area contributed by atoms with Crippen LogP contribution in [0.15, 0.2) is 71.3 Å². The number of aromatic nitrogens is 2. The minimum Gasteiger partial charge on any atom is -0.386 e. The van der Waals surface area contributed by atoms with Crippen molar-refractivity contribution in [2.24, 2.45) is 11.8 Å². The first-order valence-electron chi connectivity index (χ1n) is 23.9.